The maximum Gasteiger partial charge on any atom is 0.226 e. The predicted octanol–water partition coefficient (Wildman–Crippen LogP) is 1.49. The van der Waals surface area contributed by atoms with Crippen molar-refractivity contribution in [2.45, 2.75) is 13.0 Å². The molecule has 0 spiro atoms. The van der Waals surface area contributed by atoms with Crippen LogP contribution in [0.5, 0.6) is 0 Å². The largest absolute Gasteiger partial charge is 0.338 e. The number of amides is 1. The van der Waals surface area contributed by atoms with Crippen molar-refractivity contribution < 1.29 is 4.79 Å². The lowest BCUT2D eigenvalue weighted by molar-refractivity contribution is -0.125. The van der Waals surface area contributed by atoms with Crippen LogP contribution in [0.2, 0.25) is 0 Å². The Bertz CT molecular complexity index is 420. The molecular weight excluding hydrogens is 188 g/mol. The third-order valence-electron chi connectivity index (χ3n) is 2.46. The lowest BCUT2D eigenvalue weighted by Gasteiger charge is -2.15. The summed E-state index contributed by atoms with van der Waals surface area (Å²) in [5, 5.41) is 8.74. The van der Waals surface area contributed by atoms with Gasteiger partial charge < -0.3 is 4.90 Å². The van der Waals surface area contributed by atoms with Gasteiger partial charge in [-0.05, 0) is 24.1 Å². The lowest BCUT2D eigenvalue weighted by atomic mass is 10.1. The van der Waals surface area contributed by atoms with Gasteiger partial charge in [-0.3, -0.25) is 4.79 Å². The number of nitrogens with zero attached hydrogens (tertiary/aromatic N) is 2. The van der Waals surface area contributed by atoms with Crippen LogP contribution in [0.3, 0.4) is 0 Å². The molecule has 1 saturated heterocycles. The SMILES string of the molecule is N#Cc1cccc(CN2CC[CH]C2=O)c1. The van der Waals surface area contributed by atoms with Gasteiger partial charge in [-0.2, -0.15) is 5.26 Å². The Balaban J connectivity index is 2.10. The van der Waals surface area contributed by atoms with Crippen LogP contribution >= 0.6 is 0 Å². The molecular formula is C12H11N2O. The number of hydrogen-bond acceptors (Lipinski definition) is 2. The number of likely N-dealkylation sites (tertiary alicyclic amines) is 1. The highest BCUT2D eigenvalue weighted by Crippen LogP contribution is 2.14. The van der Waals surface area contributed by atoms with E-state index >= 15 is 0 Å². The van der Waals surface area contributed by atoms with Crippen molar-refractivity contribution in [1.82, 2.24) is 4.90 Å². The van der Waals surface area contributed by atoms with Gasteiger partial charge in [-0.1, -0.05) is 12.1 Å². The van der Waals surface area contributed by atoms with Crippen LogP contribution in [0, 0.1) is 17.8 Å². The van der Waals surface area contributed by atoms with E-state index in [1.807, 2.05) is 18.2 Å². The van der Waals surface area contributed by atoms with Gasteiger partial charge in [0, 0.05) is 13.1 Å². The molecule has 1 aromatic rings. The van der Waals surface area contributed by atoms with Crippen molar-refractivity contribution in [3.8, 4) is 6.07 Å². The third kappa shape index (κ3) is 2.16. The number of carbonyl (C=O) groups is 1. The lowest BCUT2D eigenvalue weighted by Crippen LogP contribution is -2.23. The Kier molecular flexibility index (Phi) is 2.68. The van der Waals surface area contributed by atoms with Crippen LogP contribution in [0.1, 0.15) is 17.5 Å². The van der Waals surface area contributed by atoms with Crippen LogP contribution in [-0.4, -0.2) is 17.4 Å². The highest BCUT2D eigenvalue weighted by atomic mass is 16.2. The van der Waals surface area contributed by atoms with Crippen LogP contribution in [0.25, 0.3) is 0 Å². The quantitative estimate of drug-likeness (QED) is 0.724. The maximum absolute atomic E-state index is 11.3. The third-order valence-corrected chi connectivity index (χ3v) is 2.46. The molecule has 0 unspecified atom stereocenters. The van der Waals surface area contributed by atoms with E-state index in [2.05, 4.69) is 6.07 Å². The molecule has 0 aliphatic carbocycles. The molecule has 1 amide bonds. The fourth-order valence-corrected chi connectivity index (χ4v) is 1.70. The summed E-state index contributed by atoms with van der Waals surface area (Å²) in [5.41, 5.74) is 1.65. The standard InChI is InChI=1S/C12H11N2O/c13-8-10-3-1-4-11(7-10)9-14-6-2-5-12(14)15/h1,3-5,7H,2,6,9H2. The Hall–Kier alpha value is -1.82. The molecule has 0 aromatic heterocycles. The van der Waals surface area contributed by atoms with Crippen LogP contribution < -0.4 is 0 Å². The Labute approximate surface area is 88.9 Å². The van der Waals surface area contributed by atoms with E-state index in [1.165, 1.54) is 0 Å². The van der Waals surface area contributed by atoms with Crippen molar-refractivity contribution in [2.24, 2.45) is 0 Å². The molecule has 0 N–H and O–H groups in total. The molecule has 0 atom stereocenters. The van der Waals surface area contributed by atoms with E-state index in [0.717, 1.165) is 18.5 Å². The zero-order valence-corrected chi connectivity index (χ0v) is 8.31. The normalized spacial score (nSPS) is 15.4. The summed E-state index contributed by atoms with van der Waals surface area (Å²) in [6.07, 6.45) is 2.53. The second-order valence-electron chi connectivity index (χ2n) is 3.56. The van der Waals surface area contributed by atoms with E-state index in [4.69, 9.17) is 5.26 Å². The van der Waals surface area contributed by atoms with Crippen molar-refractivity contribution in [2.75, 3.05) is 6.54 Å². The average Bonchev–Trinajstić information content (AvgIpc) is 2.65. The molecule has 1 aliphatic rings. The van der Waals surface area contributed by atoms with Gasteiger partial charge in [-0.25, -0.2) is 0 Å². The minimum Gasteiger partial charge on any atom is -0.338 e. The zero-order chi connectivity index (χ0) is 10.7. The minimum atomic E-state index is 0.0948. The minimum absolute atomic E-state index is 0.0948. The first-order valence-electron chi connectivity index (χ1n) is 4.91. The van der Waals surface area contributed by atoms with Crippen molar-refractivity contribution >= 4 is 5.91 Å². The number of carbonyl (C=O) groups excluding carboxylic acids is 1. The highest BCUT2D eigenvalue weighted by Gasteiger charge is 2.20. The first kappa shape index (κ1) is 9.72. The molecule has 15 heavy (non-hydrogen) atoms. The summed E-state index contributed by atoms with van der Waals surface area (Å²) in [6, 6.07) is 9.46. The molecule has 0 saturated carbocycles. The van der Waals surface area contributed by atoms with E-state index in [9.17, 15) is 4.79 Å². The van der Waals surface area contributed by atoms with Crippen LogP contribution in [0.15, 0.2) is 24.3 Å². The second kappa shape index (κ2) is 4.14. The Morgan fingerprint density at radius 3 is 3.00 bits per heavy atom. The molecule has 1 radical (unpaired) electrons. The Morgan fingerprint density at radius 2 is 2.33 bits per heavy atom. The first-order valence-corrected chi connectivity index (χ1v) is 4.91. The van der Waals surface area contributed by atoms with Gasteiger partial charge in [0.15, 0.2) is 0 Å². The molecule has 0 bridgehead atoms. The van der Waals surface area contributed by atoms with Crippen LogP contribution in [-0.2, 0) is 11.3 Å². The second-order valence-corrected chi connectivity index (χ2v) is 3.56. The van der Waals surface area contributed by atoms with Crippen molar-refractivity contribution in [3.63, 3.8) is 0 Å². The molecule has 1 heterocycles. The topological polar surface area (TPSA) is 44.1 Å². The summed E-state index contributed by atoms with van der Waals surface area (Å²) in [4.78, 5) is 13.1. The van der Waals surface area contributed by atoms with Gasteiger partial charge in [0.05, 0.1) is 18.1 Å². The van der Waals surface area contributed by atoms with Gasteiger partial charge in [0.25, 0.3) is 0 Å². The number of hydrogen-bond donors (Lipinski definition) is 0. The molecule has 3 heteroatoms. The summed E-state index contributed by atoms with van der Waals surface area (Å²) < 4.78 is 0. The summed E-state index contributed by atoms with van der Waals surface area (Å²) in [5.74, 6) is 0.0948. The van der Waals surface area contributed by atoms with E-state index in [1.54, 1.807) is 17.4 Å². The van der Waals surface area contributed by atoms with E-state index in [-0.39, 0.29) is 5.91 Å². The number of benzene rings is 1. The van der Waals surface area contributed by atoms with Crippen LogP contribution in [0.4, 0.5) is 0 Å². The van der Waals surface area contributed by atoms with Gasteiger partial charge in [-0.15, -0.1) is 0 Å². The maximum atomic E-state index is 11.3. The van der Waals surface area contributed by atoms with E-state index < -0.39 is 0 Å². The number of rotatable bonds is 2. The Morgan fingerprint density at radius 1 is 1.47 bits per heavy atom. The molecule has 2 rings (SSSR count). The summed E-state index contributed by atoms with van der Waals surface area (Å²) in [6.45, 7) is 1.39. The van der Waals surface area contributed by atoms with E-state index in [0.29, 0.717) is 12.1 Å². The summed E-state index contributed by atoms with van der Waals surface area (Å²) in [7, 11) is 0. The molecule has 75 valence electrons. The fraction of sp³-hybridized carbons (Fsp3) is 0.250. The molecule has 1 fully saturated rings. The average molecular weight is 199 g/mol. The molecule has 1 aromatic carbocycles. The van der Waals surface area contributed by atoms with Gasteiger partial charge >= 0.3 is 0 Å². The molecule has 3 nitrogen and oxygen atoms in total. The predicted molar refractivity (Wildman–Crippen MR) is 55.5 cm³/mol. The van der Waals surface area contributed by atoms with Gasteiger partial charge in [0.1, 0.15) is 0 Å². The fourth-order valence-electron chi connectivity index (χ4n) is 1.70. The zero-order valence-electron chi connectivity index (χ0n) is 8.31. The van der Waals surface area contributed by atoms with Crippen molar-refractivity contribution in [1.29, 1.82) is 5.26 Å². The van der Waals surface area contributed by atoms with Crippen molar-refractivity contribution in [3.05, 3.63) is 41.8 Å². The monoisotopic (exact) mass is 199 g/mol. The van der Waals surface area contributed by atoms with Gasteiger partial charge in [0.2, 0.25) is 5.91 Å². The molecule has 1 aliphatic heterocycles. The smallest absolute Gasteiger partial charge is 0.226 e. The highest BCUT2D eigenvalue weighted by molar-refractivity contribution is 5.86. The summed E-state index contributed by atoms with van der Waals surface area (Å²) >= 11 is 0. The first-order chi connectivity index (χ1) is 7.29. The number of nitriles is 1.